The van der Waals surface area contributed by atoms with Gasteiger partial charge in [0, 0.05) is 12.8 Å². The second-order valence-electron chi connectivity index (χ2n) is 7.19. The van der Waals surface area contributed by atoms with Crippen molar-refractivity contribution in [2.24, 2.45) is 0 Å². The number of allylic oxidation sites excluding steroid dienone is 1. The molecule has 0 radical (unpaired) electrons. The molecule has 27 heavy (non-hydrogen) atoms. The molecule has 2 aliphatic carbocycles. The molecule has 0 aliphatic heterocycles. The number of nitrogens with zero attached hydrogens (tertiary/aromatic N) is 1. The number of esters is 2. The maximum atomic E-state index is 12.9. The molecule has 0 bridgehead atoms. The summed E-state index contributed by atoms with van der Waals surface area (Å²) in [6.45, 7) is 7.62. The molecule has 5 nitrogen and oxygen atoms in total. The van der Waals surface area contributed by atoms with Gasteiger partial charge < -0.3 is 14.4 Å². The van der Waals surface area contributed by atoms with Crippen LogP contribution in [0.25, 0.3) is 0 Å². The van der Waals surface area contributed by atoms with Crippen molar-refractivity contribution in [2.45, 2.75) is 63.7 Å². The van der Waals surface area contributed by atoms with E-state index in [1.807, 2.05) is 37.3 Å². The minimum absolute atomic E-state index is 0.0161. The number of benzene rings is 1. The molecular formula is C22H27NO4. The fourth-order valence-electron chi connectivity index (χ4n) is 3.17. The summed E-state index contributed by atoms with van der Waals surface area (Å²) in [7, 11) is 0. The van der Waals surface area contributed by atoms with Crippen LogP contribution in [0.2, 0.25) is 0 Å². The Bertz CT molecular complexity index is 732. The maximum absolute atomic E-state index is 12.9. The Balaban J connectivity index is 1.69. The van der Waals surface area contributed by atoms with E-state index in [0.717, 1.165) is 24.8 Å². The average molecular weight is 369 g/mol. The van der Waals surface area contributed by atoms with Gasteiger partial charge in [-0.1, -0.05) is 43.0 Å². The molecule has 0 N–H and O–H groups in total. The smallest absolute Gasteiger partial charge is 0.355 e. The molecule has 2 aliphatic rings. The third-order valence-electron chi connectivity index (χ3n) is 5.35. The normalized spacial score (nSPS) is 19.4. The first-order valence-electron chi connectivity index (χ1n) is 9.57. The van der Waals surface area contributed by atoms with E-state index in [4.69, 9.17) is 9.47 Å². The topological polar surface area (TPSA) is 55.8 Å². The van der Waals surface area contributed by atoms with Crippen LogP contribution in [-0.2, 0) is 19.1 Å². The van der Waals surface area contributed by atoms with E-state index < -0.39 is 17.5 Å². The molecule has 1 aromatic rings. The second-order valence-corrected chi connectivity index (χ2v) is 7.19. The van der Waals surface area contributed by atoms with E-state index in [9.17, 15) is 9.59 Å². The fourth-order valence-corrected chi connectivity index (χ4v) is 3.17. The van der Waals surface area contributed by atoms with Gasteiger partial charge in [0.15, 0.2) is 0 Å². The van der Waals surface area contributed by atoms with Crippen LogP contribution >= 0.6 is 0 Å². The Labute approximate surface area is 160 Å². The highest BCUT2D eigenvalue weighted by atomic mass is 16.6. The van der Waals surface area contributed by atoms with Gasteiger partial charge in [-0.15, -0.1) is 0 Å². The Kier molecular flexibility index (Phi) is 5.68. The van der Waals surface area contributed by atoms with Gasteiger partial charge in [-0.05, 0) is 44.9 Å². The molecule has 1 unspecified atom stereocenters. The number of rotatable bonds is 8. The van der Waals surface area contributed by atoms with Gasteiger partial charge >= 0.3 is 11.9 Å². The molecule has 5 heteroatoms. The SMILES string of the molecule is C=CN(/C(=C\C)C(=O)OC1(C(=O)OC2CCC2)CC1)C(C)c1ccccc1. The summed E-state index contributed by atoms with van der Waals surface area (Å²) in [6, 6.07) is 9.76. The molecule has 0 aromatic heterocycles. The van der Waals surface area contributed by atoms with E-state index in [2.05, 4.69) is 6.58 Å². The predicted octanol–water partition coefficient (Wildman–Crippen LogP) is 4.27. The molecule has 0 amide bonds. The number of hydrogen-bond donors (Lipinski definition) is 0. The van der Waals surface area contributed by atoms with Gasteiger partial charge in [0.2, 0.25) is 5.60 Å². The summed E-state index contributed by atoms with van der Waals surface area (Å²) in [6.07, 6.45) is 7.20. The molecule has 1 atom stereocenters. The number of hydrogen-bond acceptors (Lipinski definition) is 5. The van der Waals surface area contributed by atoms with Crippen molar-refractivity contribution >= 4 is 11.9 Å². The first-order chi connectivity index (χ1) is 13.0. The minimum Gasteiger partial charge on any atom is -0.459 e. The van der Waals surface area contributed by atoms with Crippen LogP contribution in [0.4, 0.5) is 0 Å². The van der Waals surface area contributed by atoms with Gasteiger partial charge in [-0.3, -0.25) is 0 Å². The van der Waals surface area contributed by atoms with Crippen LogP contribution in [-0.4, -0.2) is 28.5 Å². The molecular weight excluding hydrogens is 342 g/mol. The van der Waals surface area contributed by atoms with Crippen molar-refractivity contribution in [3.8, 4) is 0 Å². The molecule has 2 saturated carbocycles. The summed E-state index contributed by atoms with van der Waals surface area (Å²) in [5.74, 6) is -0.930. The summed E-state index contributed by atoms with van der Waals surface area (Å²) in [5, 5.41) is 0. The zero-order chi connectivity index (χ0) is 19.4. The van der Waals surface area contributed by atoms with Crippen LogP contribution < -0.4 is 0 Å². The van der Waals surface area contributed by atoms with Crippen molar-refractivity contribution in [3.63, 3.8) is 0 Å². The molecule has 3 rings (SSSR count). The molecule has 2 fully saturated rings. The third kappa shape index (κ3) is 4.07. The van der Waals surface area contributed by atoms with Crippen LogP contribution in [0, 0.1) is 0 Å². The highest BCUT2D eigenvalue weighted by Gasteiger charge is 2.57. The molecule has 0 saturated heterocycles. The lowest BCUT2D eigenvalue weighted by atomic mass is 9.96. The summed E-state index contributed by atoms with van der Waals surface area (Å²) in [5.41, 5.74) is 0.308. The average Bonchev–Trinajstić information content (AvgIpc) is 3.43. The molecule has 144 valence electrons. The number of carbonyl (C=O) groups excluding carboxylic acids is 2. The Hall–Kier alpha value is -2.56. The lowest BCUT2D eigenvalue weighted by Gasteiger charge is -2.30. The highest BCUT2D eigenvalue weighted by molar-refractivity contribution is 5.93. The monoisotopic (exact) mass is 369 g/mol. The lowest BCUT2D eigenvalue weighted by Crippen LogP contribution is -2.38. The second kappa shape index (κ2) is 7.99. The maximum Gasteiger partial charge on any atom is 0.355 e. The van der Waals surface area contributed by atoms with E-state index in [1.165, 1.54) is 0 Å². The molecule has 0 spiro atoms. The highest BCUT2D eigenvalue weighted by Crippen LogP contribution is 2.43. The standard InChI is InChI=1S/C22H27NO4/c1-4-19(23(5-2)16(3)17-10-7-6-8-11-17)20(24)27-22(14-15-22)21(25)26-18-12-9-13-18/h4-8,10-11,16,18H,2,9,12-15H2,1,3H3/b19-4-. The Morgan fingerprint density at radius 3 is 2.41 bits per heavy atom. The van der Waals surface area contributed by atoms with Gasteiger partial charge in [0.25, 0.3) is 0 Å². The van der Waals surface area contributed by atoms with Crippen molar-refractivity contribution in [3.05, 3.63) is 60.4 Å². The fraction of sp³-hybridized carbons (Fsp3) is 0.455. The lowest BCUT2D eigenvalue weighted by molar-refractivity contribution is -0.176. The largest absolute Gasteiger partial charge is 0.459 e. The van der Waals surface area contributed by atoms with Gasteiger partial charge in [-0.2, -0.15) is 0 Å². The molecule has 0 heterocycles. The first kappa shape index (κ1) is 19.2. The van der Waals surface area contributed by atoms with Crippen molar-refractivity contribution in [1.82, 2.24) is 4.90 Å². The van der Waals surface area contributed by atoms with Crippen LogP contribution in [0.1, 0.15) is 57.6 Å². The zero-order valence-corrected chi connectivity index (χ0v) is 16.0. The Morgan fingerprint density at radius 1 is 1.26 bits per heavy atom. The van der Waals surface area contributed by atoms with E-state index in [0.29, 0.717) is 18.5 Å². The predicted molar refractivity (Wildman–Crippen MR) is 102 cm³/mol. The Morgan fingerprint density at radius 2 is 1.93 bits per heavy atom. The quantitative estimate of drug-likeness (QED) is 0.506. The minimum atomic E-state index is -1.11. The van der Waals surface area contributed by atoms with Crippen LogP contribution in [0.5, 0.6) is 0 Å². The zero-order valence-electron chi connectivity index (χ0n) is 16.0. The van der Waals surface area contributed by atoms with Crippen LogP contribution in [0.3, 0.4) is 0 Å². The summed E-state index contributed by atoms with van der Waals surface area (Å²) < 4.78 is 11.1. The summed E-state index contributed by atoms with van der Waals surface area (Å²) >= 11 is 0. The van der Waals surface area contributed by atoms with E-state index in [1.54, 1.807) is 24.1 Å². The third-order valence-corrected chi connectivity index (χ3v) is 5.35. The van der Waals surface area contributed by atoms with Gasteiger partial charge in [0.1, 0.15) is 11.8 Å². The van der Waals surface area contributed by atoms with Crippen molar-refractivity contribution in [1.29, 1.82) is 0 Å². The van der Waals surface area contributed by atoms with Gasteiger partial charge in [-0.25, -0.2) is 9.59 Å². The summed E-state index contributed by atoms with van der Waals surface area (Å²) in [4.78, 5) is 27.0. The number of ether oxygens (including phenoxy) is 2. The van der Waals surface area contributed by atoms with E-state index in [-0.39, 0.29) is 12.1 Å². The van der Waals surface area contributed by atoms with Gasteiger partial charge in [0.05, 0.1) is 6.04 Å². The first-order valence-corrected chi connectivity index (χ1v) is 9.57. The number of carbonyl (C=O) groups is 2. The van der Waals surface area contributed by atoms with E-state index >= 15 is 0 Å². The van der Waals surface area contributed by atoms with Crippen LogP contribution in [0.15, 0.2) is 54.9 Å². The van der Waals surface area contributed by atoms with Crippen molar-refractivity contribution in [2.75, 3.05) is 0 Å². The molecule has 1 aromatic carbocycles. The van der Waals surface area contributed by atoms with Crippen molar-refractivity contribution < 1.29 is 19.1 Å².